The Hall–Kier alpha value is -0.0800. The molecule has 0 aromatic rings. The summed E-state index contributed by atoms with van der Waals surface area (Å²) in [6, 6.07) is 0.742. The van der Waals surface area contributed by atoms with Gasteiger partial charge in [-0.3, -0.25) is 0 Å². The Morgan fingerprint density at radius 1 is 1.31 bits per heavy atom. The number of rotatable bonds is 6. The topological polar surface area (TPSA) is 24.1 Å². The third-order valence-electron chi connectivity index (χ3n) is 3.49. The minimum Gasteiger partial charge on any atom is -0.319 e. The highest BCUT2D eigenvalue weighted by Gasteiger charge is 2.30. The zero-order chi connectivity index (χ0) is 9.68. The maximum Gasteiger partial charge on any atom is 0.0133 e. The van der Waals surface area contributed by atoms with Crippen LogP contribution in [0.15, 0.2) is 0 Å². The van der Waals surface area contributed by atoms with Gasteiger partial charge in [0.25, 0.3) is 0 Å². The molecule has 2 atom stereocenters. The van der Waals surface area contributed by atoms with E-state index in [1.54, 1.807) is 0 Å². The van der Waals surface area contributed by atoms with Crippen LogP contribution in [0.1, 0.15) is 32.6 Å². The summed E-state index contributed by atoms with van der Waals surface area (Å²) < 4.78 is 0. The van der Waals surface area contributed by atoms with Crippen LogP contribution in [0.25, 0.3) is 0 Å². The van der Waals surface area contributed by atoms with E-state index in [0.29, 0.717) is 0 Å². The van der Waals surface area contributed by atoms with E-state index < -0.39 is 0 Å². The molecule has 0 heterocycles. The average Bonchev–Trinajstić information content (AvgIpc) is 2.07. The van der Waals surface area contributed by atoms with Crippen molar-refractivity contribution in [3.63, 3.8) is 0 Å². The van der Waals surface area contributed by atoms with Crippen LogP contribution in [0.4, 0.5) is 0 Å². The van der Waals surface area contributed by atoms with Crippen molar-refractivity contribution >= 4 is 0 Å². The van der Waals surface area contributed by atoms with E-state index >= 15 is 0 Å². The molecule has 1 aliphatic rings. The van der Waals surface area contributed by atoms with Crippen LogP contribution in [0, 0.1) is 11.8 Å². The molecule has 1 saturated carbocycles. The highest BCUT2D eigenvalue weighted by atomic mass is 14.9. The second-order valence-electron chi connectivity index (χ2n) is 4.23. The van der Waals surface area contributed by atoms with Gasteiger partial charge in [0.1, 0.15) is 0 Å². The second kappa shape index (κ2) is 5.61. The van der Waals surface area contributed by atoms with Crippen molar-refractivity contribution in [1.82, 2.24) is 10.6 Å². The van der Waals surface area contributed by atoms with Gasteiger partial charge in [-0.1, -0.05) is 19.8 Å². The molecule has 0 bridgehead atoms. The summed E-state index contributed by atoms with van der Waals surface area (Å²) >= 11 is 0. The van der Waals surface area contributed by atoms with Gasteiger partial charge in [0, 0.05) is 6.04 Å². The predicted molar refractivity (Wildman–Crippen MR) is 57.9 cm³/mol. The van der Waals surface area contributed by atoms with Gasteiger partial charge >= 0.3 is 0 Å². The molecule has 2 unspecified atom stereocenters. The van der Waals surface area contributed by atoms with Gasteiger partial charge in [0.05, 0.1) is 0 Å². The van der Waals surface area contributed by atoms with Gasteiger partial charge in [-0.2, -0.15) is 0 Å². The number of hydrogen-bond donors (Lipinski definition) is 2. The van der Waals surface area contributed by atoms with E-state index in [9.17, 15) is 0 Å². The maximum absolute atomic E-state index is 3.50. The van der Waals surface area contributed by atoms with E-state index in [4.69, 9.17) is 0 Å². The van der Waals surface area contributed by atoms with Crippen molar-refractivity contribution in [2.45, 2.75) is 38.6 Å². The van der Waals surface area contributed by atoms with E-state index in [1.807, 2.05) is 0 Å². The summed E-state index contributed by atoms with van der Waals surface area (Å²) in [5, 5.41) is 6.80. The lowest BCUT2D eigenvalue weighted by Gasteiger charge is -2.38. The number of hydrogen-bond acceptors (Lipinski definition) is 2. The van der Waals surface area contributed by atoms with E-state index in [-0.39, 0.29) is 0 Å². The molecule has 1 fully saturated rings. The normalized spacial score (nSPS) is 22.4. The lowest BCUT2D eigenvalue weighted by Crippen LogP contribution is -2.46. The quantitative estimate of drug-likeness (QED) is 0.655. The van der Waals surface area contributed by atoms with Crippen LogP contribution >= 0.6 is 0 Å². The second-order valence-corrected chi connectivity index (χ2v) is 4.23. The molecule has 2 nitrogen and oxygen atoms in total. The first-order valence-corrected chi connectivity index (χ1v) is 5.65. The van der Waals surface area contributed by atoms with Gasteiger partial charge in [-0.15, -0.1) is 0 Å². The van der Waals surface area contributed by atoms with Crippen molar-refractivity contribution in [2.75, 3.05) is 20.6 Å². The van der Waals surface area contributed by atoms with Crippen molar-refractivity contribution < 1.29 is 0 Å². The van der Waals surface area contributed by atoms with Crippen molar-refractivity contribution in [1.29, 1.82) is 0 Å². The highest BCUT2D eigenvalue weighted by molar-refractivity contribution is 4.87. The molecular formula is C11H24N2. The molecule has 2 N–H and O–H groups in total. The first-order chi connectivity index (χ1) is 6.33. The summed E-state index contributed by atoms with van der Waals surface area (Å²) in [6.45, 7) is 3.45. The standard InChI is InChI=1S/C11H24N2/c1-4-9(8-12-2)11(13-3)10-6-5-7-10/h9-13H,4-8H2,1-3H3. The fourth-order valence-corrected chi connectivity index (χ4v) is 2.44. The molecule has 0 aromatic heterocycles. The van der Waals surface area contributed by atoms with Crippen LogP contribution in [0.3, 0.4) is 0 Å². The van der Waals surface area contributed by atoms with Crippen LogP contribution in [0.2, 0.25) is 0 Å². The van der Waals surface area contributed by atoms with Crippen molar-refractivity contribution in [2.24, 2.45) is 11.8 Å². The molecule has 0 saturated heterocycles. The van der Waals surface area contributed by atoms with E-state index in [0.717, 1.165) is 24.4 Å². The van der Waals surface area contributed by atoms with Gasteiger partial charge in [0.2, 0.25) is 0 Å². The largest absolute Gasteiger partial charge is 0.319 e. The molecule has 1 rings (SSSR count). The Kier molecular flexibility index (Phi) is 4.74. The predicted octanol–water partition coefficient (Wildman–Crippen LogP) is 1.62. The Bertz CT molecular complexity index is 132. The zero-order valence-corrected chi connectivity index (χ0v) is 9.27. The number of nitrogens with one attached hydrogen (secondary N) is 2. The Labute approximate surface area is 82.5 Å². The van der Waals surface area contributed by atoms with Gasteiger partial charge in [-0.05, 0) is 45.3 Å². The molecule has 0 radical (unpaired) electrons. The fraction of sp³-hybridized carbons (Fsp3) is 1.00. The average molecular weight is 184 g/mol. The first-order valence-electron chi connectivity index (χ1n) is 5.65. The molecule has 0 aromatic carbocycles. The van der Waals surface area contributed by atoms with Gasteiger partial charge < -0.3 is 10.6 Å². The van der Waals surface area contributed by atoms with E-state index in [2.05, 4.69) is 31.7 Å². The SMILES string of the molecule is CCC(CNC)C(NC)C1CCC1. The monoisotopic (exact) mass is 184 g/mol. The first kappa shape index (κ1) is 11.0. The molecular weight excluding hydrogens is 160 g/mol. The smallest absolute Gasteiger partial charge is 0.0133 e. The van der Waals surface area contributed by atoms with Crippen LogP contribution in [0.5, 0.6) is 0 Å². The summed E-state index contributed by atoms with van der Waals surface area (Å²) in [6.07, 6.45) is 5.60. The molecule has 2 heteroatoms. The molecule has 13 heavy (non-hydrogen) atoms. The Morgan fingerprint density at radius 3 is 2.31 bits per heavy atom. The fourth-order valence-electron chi connectivity index (χ4n) is 2.44. The summed E-state index contributed by atoms with van der Waals surface area (Å²) in [5.41, 5.74) is 0. The van der Waals surface area contributed by atoms with Crippen LogP contribution < -0.4 is 10.6 Å². The van der Waals surface area contributed by atoms with Crippen molar-refractivity contribution in [3.05, 3.63) is 0 Å². The molecule has 78 valence electrons. The molecule has 0 spiro atoms. The summed E-state index contributed by atoms with van der Waals surface area (Å²) in [5.74, 6) is 1.75. The minimum atomic E-state index is 0.742. The van der Waals surface area contributed by atoms with Crippen LogP contribution in [-0.2, 0) is 0 Å². The van der Waals surface area contributed by atoms with E-state index in [1.165, 1.54) is 25.7 Å². The van der Waals surface area contributed by atoms with Crippen molar-refractivity contribution in [3.8, 4) is 0 Å². The molecule has 0 amide bonds. The maximum atomic E-state index is 3.50. The Morgan fingerprint density at radius 2 is 2.00 bits per heavy atom. The minimum absolute atomic E-state index is 0.742. The zero-order valence-electron chi connectivity index (χ0n) is 9.27. The summed E-state index contributed by atoms with van der Waals surface area (Å²) in [4.78, 5) is 0. The van der Waals surface area contributed by atoms with Crippen LogP contribution in [-0.4, -0.2) is 26.7 Å². The summed E-state index contributed by atoms with van der Waals surface area (Å²) in [7, 11) is 4.16. The highest BCUT2D eigenvalue weighted by Crippen LogP contribution is 2.33. The molecule has 1 aliphatic carbocycles. The third-order valence-corrected chi connectivity index (χ3v) is 3.49. The van der Waals surface area contributed by atoms with Gasteiger partial charge in [-0.25, -0.2) is 0 Å². The van der Waals surface area contributed by atoms with Gasteiger partial charge in [0.15, 0.2) is 0 Å². The lowest BCUT2D eigenvalue weighted by molar-refractivity contribution is 0.176. The third kappa shape index (κ3) is 2.68. The molecule has 0 aliphatic heterocycles. The Balaban J connectivity index is 2.40. The lowest BCUT2D eigenvalue weighted by atomic mass is 9.74.